The van der Waals surface area contributed by atoms with Gasteiger partial charge in [0, 0.05) is 11.5 Å². The molecule has 0 aromatic heterocycles. The van der Waals surface area contributed by atoms with E-state index < -0.39 is 0 Å². The summed E-state index contributed by atoms with van der Waals surface area (Å²) in [7, 11) is 3.45. The number of rotatable bonds is 6. The maximum atomic E-state index is 10.0. The quantitative estimate of drug-likeness (QED) is 0.379. The maximum Gasteiger partial charge on any atom is 0.137 e. The van der Waals surface area contributed by atoms with Crippen molar-refractivity contribution in [2.45, 2.75) is 19.4 Å². The van der Waals surface area contributed by atoms with Gasteiger partial charge in [0.25, 0.3) is 0 Å². The van der Waals surface area contributed by atoms with Crippen LogP contribution in [0.25, 0.3) is 0 Å². The molecule has 2 nitrogen and oxygen atoms in total. The van der Waals surface area contributed by atoms with Gasteiger partial charge in [-0.05, 0) is 6.42 Å². The minimum atomic E-state index is -0.283. The Morgan fingerprint density at radius 2 is 2.30 bits per heavy atom. The van der Waals surface area contributed by atoms with Crippen molar-refractivity contribution in [3.05, 3.63) is 0 Å². The van der Waals surface area contributed by atoms with E-state index in [0.717, 1.165) is 17.8 Å². The van der Waals surface area contributed by atoms with E-state index >= 15 is 0 Å². The Kier molecular flexibility index (Phi) is 7.68. The lowest BCUT2D eigenvalue weighted by molar-refractivity contribution is -0.108. The van der Waals surface area contributed by atoms with Crippen LogP contribution in [0.5, 0.6) is 0 Å². The van der Waals surface area contributed by atoms with Crippen LogP contribution in [-0.2, 0) is 4.79 Å². The van der Waals surface area contributed by atoms with Gasteiger partial charge < -0.3 is 10.5 Å². The minimum Gasteiger partial charge on any atom is -0.321 e. The van der Waals surface area contributed by atoms with E-state index in [2.05, 4.69) is 6.92 Å². The summed E-state index contributed by atoms with van der Waals surface area (Å²) in [6.45, 7) is 2.13. The molecule has 0 spiro atoms. The fourth-order valence-corrected chi connectivity index (χ4v) is 2.54. The van der Waals surface area contributed by atoms with Crippen LogP contribution in [0.1, 0.15) is 13.3 Å². The summed E-state index contributed by atoms with van der Waals surface area (Å²) in [5.41, 5.74) is 5.35. The monoisotopic (exact) mass is 179 g/mol. The Labute approximate surface area is 69.7 Å². The van der Waals surface area contributed by atoms with Gasteiger partial charge >= 0.3 is 0 Å². The standard InChI is InChI=1S/C6H13NOS2/c1-2-3-9-10-5-6(7)4-8/h4,6H,2-3,5,7H2,1H3/t6-/m0/s1. The molecule has 0 aliphatic heterocycles. The summed E-state index contributed by atoms with van der Waals surface area (Å²) in [5, 5.41) is 0. The Morgan fingerprint density at radius 3 is 2.80 bits per heavy atom. The van der Waals surface area contributed by atoms with Crippen molar-refractivity contribution < 1.29 is 4.79 Å². The molecule has 4 heteroatoms. The highest BCUT2D eigenvalue weighted by Gasteiger charge is 1.98. The van der Waals surface area contributed by atoms with E-state index in [4.69, 9.17) is 5.73 Å². The van der Waals surface area contributed by atoms with Gasteiger partial charge in [-0.25, -0.2) is 0 Å². The molecule has 0 amide bonds. The molecule has 0 aromatic rings. The zero-order chi connectivity index (χ0) is 7.82. The van der Waals surface area contributed by atoms with Gasteiger partial charge in [0.2, 0.25) is 0 Å². The second-order valence-electron chi connectivity index (χ2n) is 1.91. The number of hydrogen-bond donors (Lipinski definition) is 1. The van der Waals surface area contributed by atoms with Crippen molar-refractivity contribution in [2.24, 2.45) is 5.73 Å². The molecule has 0 fully saturated rings. The largest absolute Gasteiger partial charge is 0.321 e. The van der Waals surface area contributed by atoms with Crippen LogP contribution in [0.15, 0.2) is 0 Å². The summed E-state index contributed by atoms with van der Waals surface area (Å²) in [6.07, 6.45) is 1.97. The number of carbonyl (C=O) groups excluding carboxylic acids is 1. The van der Waals surface area contributed by atoms with Crippen molar-refractivity contribution in [1.29, 1.82) is 0 Å². The van der Waals surface area contributed by atoms with Crippen molar-refractivity contribution in [3.8, 4) is 0 Å². The molecule has 0 heterocycles. The second-order valence-corrected chi connectivity index (χ2v) is 4.53. The predicted octanol–water partition coefficient (Wildman–Crippen LogP) is 1.30. The summed E-state index contributed by atoms with van der Waals surface area (Å²) in [4.78, 5) is 10.0. The van der Waals surface area contributed by atoms with Gasteiger partial charge in [-0.3, -0.25) is 0 Å². The lowest BCUT2D eigenvalue weighted by atomic mass is 10.4. The third kappa shape index (κ3) is 6.45. The third-order valence-corrected chi connectivity index (χ3v) is 3.48. The molecular weight excluding hydrogens is 166 g/mol. The molecule has 0 aliphatic carbocycles. The van der Waals surface area contributed by atoms with Gasteiger partial charge in [0.15, 0.2) is 0 Å². The molecule has 0 saturated heterocycles. The molecule has 0 saturated carbocycles. The van der Waals surface area contributed by atoms with Crippen LogP contribution in [0.3, 0.4) is 0 Å². The van der Waals surface area contributed by atoms with Crippen LogP contribution in [0.2, 0.25) is 0 Å². The zero-order valence-electron chi connectivity index (χ0n) is 6.08. The Bertz CT molecular complexity index is 89.8. The van der Waals surface area contributed by atoms with E-state index in [1.54, 1.807) is 21.6 Å². The van der Waals surface area contributed by atoms with E-state index in [0.29, 0.717) is 0 Å². The number of hydrogen-bond acceptors (Lipinski definition) is 4. The van der Waals surface area contributed by atoms with Crippen LogP contribution in [-0.4, -0.2) is 23.8 Å². The van der Waals surface area contributed by atoms with Crippen molar-refractivity contribution in [1.82, 2.24) is 0 Å². The Hall–Kier alpha value is 0.330. The molecule has 0 aromatic carbocycles. The number of carbonyl (C=O) groups is 1. The van der Waals surface area contributed by atoms with E-state index in [1.807, 2.05) is 0 Å². The Morgan fingerprint density at radius 1 is 1.60 bits per heavy atom. The summed E-state index contributed by atoms with van der Waals surface area (Å²) >= 11 is 0. The molecule has 0 unspecified atom stereocenters. The van der Waals surface area contributed by atoms with Gasteiger partial charge in [-0.2, -0.15) is 0 Å². The van der Waals surface area contributed by atoms with Crippen LogP contribution >= 0.6 is 21.6 Å². The molecule has 0 aliphatic rings. The molecule has 1 atom stereocenters. The first-order chi connectivity index (χ1) is 4.81. The fraction of sp³-hybridized carbons (Fsp3) is 0.833. The molecule has 0 radical (unpaired) electrons. The SMILES string of the molecule is CCCSSC[C@@H](N)C=O. The fourth-order valence-electron chi connectivity index (χ4n) is 0.308. The molecule has 60 valence electrons. The average Bonchev–Trinajstić information content (AvgIpc) is 1.98. The molecule has 0 rings (SSSR count). The topological polar surface area (TPSA) is 43.1 Å². The average molecular weight is 179 g/mol. The summed E-state index contributed by atoms with van der Waals surface area (Å²) < 4.78 is 0. The summed E-state index contributed by atoms with van der Waals surface area (Å²) in [6, 6.07) is -0.283. The first-order valence-corrected chi connectivity index (χ1v) is 5.75. The molecule has 2 N–H and O–H groups in total. The first-order valence-electron chi connectivity index (χ1n) is 3.26. The second kappa shape index (κ2) is 7.44. The smallest absolute Gasteiger partial charge is 0.137 e. The minimum absolute atomic E-state index is 0.283. The van der Waals surface area contributed by atoms with E-state index in [9.17, 15) is 4.79 Å². The van der Waals surface area contributed by atoms with E-state index in [1.165, 1.54) is 6.42 Å². The maximum absolute atomic E-state index is 10.0. The lowest BCUT2D eigenvalue weighted by Gasteiger charge is -2.00. The van der Waals surface area contributed by atoms with Crippen molar-refractivity contribution in [2.75, 3.05) is 11.5 Å². The first kappa shape index (κ1) is 10.3. The van der Waals surface area contributed by atoms with Gasteiger partial charge in [-0.1, -0.05) is 28.5 Å². The van der Waals surface area contributed by atoms with Crippen molar-refractivity contribution >= 4 is 27.9 Å². The lowest BCUT2D eigenvalue weighted by Crippen LogP contribution is -2.23. The summed E-state index contributed by atoms with van der Waals surface area (Å²) in [5.74, 6) is 1.87. The normalized spacial score (nSPS) is 13.0. The number of nitrogens with two attached hydrogens (primary N) is 1. The van der Waals surface area contributed by atoms with Crippen LogP contribution < -0.4 is 5.73 Å². The van der Waals surface area contributed by atoms with Crippen LogP contribution in [0.4, 0.5) is 0 Å². The molecular formula is C6H13NOS2. The van der Waals surface area contributed by atoms with Gasteiger partial charge in [-0.15, -0.1) is 0 Å². The molecule has 10 heavy (non-hydrogen) atoms. The van der Waals surface area contributed by atoms with E-state index in [-0.39, 0.29) is 6.04 Å². The zero-order valence-corrected chi connectivity index (χ0v) is 7.71. The predicted molar refractivity (Wildman–Crippen MR) is 49.2 cm³/mol. The highest BCUT2D eigenvalue weighted by Crippen LogP contribution is 2.21. The van der Waals surface area contributed by atoms with Gasteiger partial charge in [0.05, 0.1) is 6.04 Å². The molecule has 0 bridgehead atoms. The highest BCUT2D eigenvalue weighted by atomic mass is 33.1. The Balaban J connectivity index is 2.95. The van der Waals surface area contributed by atoms with Gasteiger partial charge in [0.1, 0.15) is 6.29 Å². The van der Waals surface area contributed by atoms with Crippen molar-refractivity contribution in [3.63, 3.8) is 0 Å². The number of aldehydes is 1. The highest BCUT2D eigenvalue weighted by molar-refractivity contribution is 8.76. The van der Waals surface area contributed by atoms with Crippen LogP contribution in [0, 0.1) is 0 Å². The third-order valence-electron chi connectivity index (χ3n) is 0.806.